The van der Waals surface area contributed by atoms with Crippen LogP contribution in [0.15, 0.2) is 48.7 Å². The number of thiocarbonyl (C=S) groups is 1. The van der Waals surface area contributed by atoms with Gasteiger partial charge < -0.3 is 14.8 Å². The number of benzene rings is 1. The third-order valence-corrected chi connectivity index (χ3v) is 4.59. The number of carbonyl (C=O) groups is 2. The topological polar surface area (TPSA) is 84.0 Å². The van der Waals surface area contributed by atoms with Crippen LogP contribution in [0, 0.1) is 0 Å². The third-order valence-electron chi connectivity index (χ3n) is 4.29. The lowest BCUT2D eigenvalue weighted by Gasteiger charge is -2.21. The molecular formula is C21H24N4O4S. The number of para-hydroxylation sites is 1. The largest absolute Gasteiger partial charge is 0.420 e. The number of rotatable bonds is 5. The van der Waals surface area contributed by atoms with Crippen LogP contribution in [0.3, 0.4) is 0 Å². The Balaban J connectivity index is 1.64. The van der Waals surface area contributed by atoms with Crippen molar-refractivity contribution in [1.29, 1.82) is 0 Å². The van der Waals surface area contributed by atoms with Gasteiger partial charge in [-0.15, -0.1) is 0 Å². The van der Waals surface area contributed by atoms with E-state index in [2.05, 4.69) is 10.3 Å². The first-order valence-electron chi connectivity index (χ1n) is 9.41. The molecule has 0 saturated carbocycles. The van der Waals surface area contributed by atoms with Gasteiger partial charge in [0.05, 0.1) is 24.1 Å². The molecule has 1 aromatic carbocycles. The fraction of sp³-hybridized carbons (Fsp3) is 0.333. The van der Waals surface area contributed by atoms with Gasteiger partial charge in [-0.2, -0.15) is 0 Å². The predicted molar refractivity (Wildman–Crippen MR) is 118 cm³/mol. The summed E-state index contributed by atoms with van der Waals surface area (Å²) in [6.45, 7) is 5.96. The second kappa shape index (κ2) is 8.76. The average Bonchev–Trinajstić information content (AvgIpc) is 3.00. The molecule has 1 aliphatic rings. The van der Waals surface area contributed by atoms with Crippen molar-refractivity contribution < 1.29 is 19.1 Å². The van der Waals surface area contributed by atoms with Crippen LogP contribution in [0.4, 0.5) is 16.2 Å². The van der Waals surface area contributed by atoms with Gasteiger partial charge in [0.15, 0.2) is 5.11 Å². The number of ether oxygens (including phenoxy) is 2. The highest BCUT2D eigenvalue weighted by Gasteiger charge is 2.37. The van der Waals surface area contributed by atoms with Crippen molar-refractivity contribution in [3.05, 3.63) is 48.7 Å². The molecule has 0 spiro atoms. The summed E-state index contributed by atoms with van der Waals surface area (Å²) >= 11 is 5.29. The van der Waals surface area contributed by atoms with Gasteiger partial charge in [-0.05, 0) is 51.2 Å². The molecule has 30 heavy (non-hydrogen) atoms. The summed E-state index contributed by atoms with van der Waals surface area (Å²) in [5.74, 6) is -0.107. The van der Waals surface area contributed by atoms with Crippen molar-refractivity contribution in [2.75, 3.05) is 23.5 Å². The zero-order chi connectivity index (χ0) is 21.9. The Hall–Kier alpha value is -3.04. The van der Waals surface area contributed by atoms with Crippen LogP contribution >= 0.6 is 12.2 Å². The van der Waals surface area contributed by atoms with Crippen molar-refractivity contribution >= 4 is 40.7 Å². The number of pyridine rings is 1. The van der Waals surface area contributed by atoms with Crippen LogP contribution in [0.2, 0.25) is 0 Å². The van der Waals surface area contributed by atoms with E-state index in [1.165, 1.54) is 22.1 Å². The smallest absolute Gasteiger partial charge is 0.391 e. The highest BCUT2D eigenvalue weighted by atomic mass is 32.1. The molecule has 0 aliphatic carbocycles. The zero-order valence-electron chi connectivity index (χ0n) is 17.3. The van der Waals surface area contributed by atoms with Gasteiger partial charge in [0.25, 0.3) is 5.91 Å². The first kappa shape index (κ1) is 21.7. The van der Waals surface area contributed by atoms with Gasteiger partial charge in [-0.3, -0.25) is 14.6 Å². The highest BCUT2D eigenvalue weighted by Crippen LogP contribution is 2.22. The normalized spacial score (nSPS) is 16.4. The van der Waals surface area contributed by atoms with Crippen molar-refractivity contribution in [2.24, 2.45) is 0 Å². The Labute approximate surface area is 180 Å². The van der Waals surface area contributed by atoms with E-state index in [0.29, 0.717) is 11.4 Å². The van der Waals surface area contributed by atoms with Gasteiger partial charge in [-0.25, -0.2) is 9.78 Å². The Morgan fingerprint density at radius 1 is 1.23 bits per heavy atom. The summed E-state index contributed by atoms with van der Waals surface area (Å²) < 4.78 is 11.0. The second-order valence-corrected chi connectivity index (χ2v) is 8.10. The maximum Gasteiger partial charge on any atom is 0.420 e. The van der Waals surface area contributed by atoms with Crippen LogP contribution in [0.25, 0.3) is 0 Å². The molecule has 158 valence electrons. The highest BCUT2D eigenvalue weighted by molar-refractivity contribution is 7.80. The van der Waals surface area contributed by atoms with Crippen molar-refractivity contribution in [1.82, 2.24) is 10.3 Å². The molecule has 1 unspecified atom stereocenters. The van der Waals surface area contributed by atoms with E-state index in [1.807, 2.05) is 39.0 Å². The summed E-state index contributed by atoms with van der Waals surface area (Å²) in [5.41, 5.74) is 0.811. The van der Waals surface area contributed by atoms with E-state index >= 15 is 0 Å². The fourth-order valence-corrected chi connectivity index (χ4v) is 3.04. The van der Waals surface area contributed by atoms with Gasteiger partial charge in [0.2, 0.25) is 5.88 Å². The molecule has 8 nitrogen and oxygen atoms in total. The summed E-state index contributed by atoms with van der Waals surface area (Å²) in [4.78, 5) is 31.9. The van der Waals surface area contributed by atoms with E-state index in [9.17, 15) is 9.59 Å². The Bertz CT molecular complexity index is 928. The summed E-state index contributed by atoms with van der Waals surface area (Å²) in [7, 11) is 1.61. The van der Waals surface area contributed by atoms with Crippen LogP contribution in [0.5, 0.6) is 5.88 Å². The maximum atomic E-state index is 12.7. The first-order chi connectivity index (χ1) is 14.2. The Morgan fingerprint density at radius 3 is 2.53 bits per heavy atom. The monoisotopic (exact) mass is 428 g/mol. The lowest BCUT2D eigenvalue weighted by molar-refractivity contribution is -0.121. The van der Waals surface area contributed by atoms with E-state index in [0.717, 1.165) is 0 Å². The number of nitrogens with one attached hydrogen (secondary N) is 1. The standard InChI is InChI=1S/C21H24N4O4S/c1-21(2,3)28-13-16-18(26)25(19(30)23-16)15-10-11-17(22-12-15)29-20(27)24(4)14-8-6-5-7-9-14/h5-12,16H,13H2,1-4H3,(H,23,30). The lowest BCUT2D eigenvalue weighted by atomic mass is 10.2. The van der Waals surface area contributed by atoms with Crippen LogP contribution in [-0.4, -0.2) is 47.4 Å². The molecule has 3 rings (SSSR count). The van der Waals surface area contributed by atoms with Gasteiger partial charge in [-0.1, -0.05) is 18.2 Å². The van der Waals surface area contributed by atoms with E-state index < -0.39 is 12.1 Å². The molecule has 0 radical (unpaired) electrons. The maximum absolute atomic E-state index is 12.7. The summed E-state index contributed by atoms with van der Waals surface area (Å²) in [6, 6.07) is 11.7. The second-order valence-electron chi connectivity index (χ2n) is 7.72. The molecule has 0 bridgehead atoms. The van der Waals surface area contributed by atoms with Crippen LogP contribution in [-0.2, 0) is 9.53 Å². The quantitative estimate of drug-likeness (QED) is 0.733. The number of anilines is 2. The molecule has 1 saturated heterocycles. The fourth-order valence-electron chi connectivity index (χ4n) is 2.70. The van der Waals surface area contributed by atoms with Gasteiger partial charge in [0.1, 0.15) is 6.04 Å². The van der Waals surface area contributed by atoms with Crippen molar-refractivity contribution in [3.63, 3.8) is 0 Å². The minimum atomic E-state index is -0.574. The summed E-state index contributed by atoms with van der Waals surface area (Å²) in [6.07, 6.45) is 0.861. The molecule has 1 aliphatic heterocycles. The van der Waals surface area contributed by atoms with Crippen molar-refractivity contribution in [2.45, 2.75) is 32.4 Å². The first-order valence-corrected chi connectivity index (χ1v) is 9.81. The molecule has 1 fully saturated rings. The van der Waals surface area contributed by atoms with Crippen molar-refractivity contribution in [3.8, 4) is 5.88 Å². The van der Waals surface area contributed by atoms with Gasteiger partial charge in [0, 0.05) is 18.8 Å². The predicted octanol–water partition coefficient (Wildman–Crippen LogP) is 3.12. The number of hydrogen-bond donors (Lipinski definition) is 1. The SMILES string of the molecule is CN(C(=O)Oc1ccc(N2C(=O)C(COC(C)(C)C)NC2=S)cn1)c1ccccc1. The average molecular weight is 429 g/mol. The van der Waals surface area contributed by atoms with E-state index in [-0.39, 0.29) is 29.1 Å². The third kappa shape index (κ3) is 5.11. The Morgan fingerprint density at radius 2 is 1.93 bits per heavy atom. The number of aromatic nitrogens is 1. The minimum absolute atomic E-state index is 0.115. The molecule has 2 amide bonds. The Kier molecular flexibility index (Phi) is 6.33. The molecule has 1 N–H and O–H groups in total. The van der Waals surface area contributed by atoms with Crippen LogP contribution in [0.1, 0.15) is 20.8 Å². The molecule has 1 atom stereocenters. The molecular weight excluding hydrogens is 404 g/mol. The van der Waals surface area contributed by atoms with E-state index in [4.69, 9.17) is 21.7 Å². The molecule has 9 heteroatoms. The number of carbonyl (C=O) groups excluding carboxylic acids is 2. The molecule has 2 heterocycles. The van der Waals surface area contributed by atoms with E-state index in [1.54, 1.807) is 25.2 Å². The number of hydrogen-bond acceptors (Lipinski definition) is 6. The lowest BCUT2D eigenvalue weighted by Crippen LogP contribution is -2.37. The number of nitrogens with zero attached hydrogens (tertiary/aromatic N) is 3. The van der Waals surface area contributed by atoms with Gasteiger partial charge >= 0.3 is 6.09 Å². The zero-order valence-corrected chi connectivity index (χ0v) is 18.1. The van der Waals surface area contributed by atoms with Crippen LogP contribution < -0.4 is 19.9 Å². The molecule has 1 aromatic heterocycles. The summed E-state index contributed by atoms with van der Waals surface area (Å²) in [5, 5.41) is 3.24. The number of amides is 2. The molecule has 2 aromatic rings. The minimum Gasteiger partial charge on any atom is -0.391 e.